The maximum Gasteiger partial charge on any atom is 0.253 e. The van der Waals surface area contributed by atoms with Crippen LogP contribution in [0.25, 0.3) is 11.4 Å². The second-order valence-electron chi connectivity index (χ2n) is 5.12. The van der Waals surface area contributed by atoms with E-state index in [0.29, 0.717) is 23.5 Å². The molecule has 0 spiro atoms. The fourth-order valence-electron chi connectivity index (χ4n) is 2.10. The molecular weight excluding hydrogens is 276 g/mol. The van der Waals surface area contributed by atoms with Crippen LogP contribution >= 0.6 is 0 Å². The lowest BCUT2D eigenvalue weighted by molar-refractivity contribution is 0.0952. The quantitative estimate of drug-likeness (QED) is 0.796. The Hall–Kier alpha value is -2.27. The van der Waals surface area contributed by atoms with Crippen molar-refractivity contribution in [2.45, 2.75) is 13.3 Å². The third-order valence-electron chi connectivity index (χ3n) is 3.50. The van der Waals surface area contributed by atoms with Crippen molar-refractivity contribution in [2.24, 2.45) is 0 Å². The van der Waals surface area contributed by atoms with Gasteiger partial charge in [0.1, 0.15) is 5.69 Å². The van der Waals surface area contributed by atoms with Crippen molar-refractivity contribution < 1.29 is 4.79 Å². The van der Waals surface area contributed by atoms with Gasteiger partial charge in [0.25, 0.3) is 5.91 Å². The van der Waals surface area contributed by atoms with Crippen LogP contribution in [-0.4, -0.2) is 47.5 Å². The Morgan fingerprint density at radius 2 is 2.00 bits per heavy atom. The first-order chi connectivity index (χ1) is 10.7. The third kappa shape index (κ3) is 4.36. The minimum atomic E-state index is -0.104. The maximum atomic E-state index is 12.4. The van der Waals surface area contributed by atoms with Crippen LogP contribution in [-0.2, 0) is 0 Å². The van der Waals surface area contributed by atoms with Crippen LogP contribution in [0.4, 0.5) is 0 Å². The Labute approximate surface area is 131 Å². The highest BCUT2D eigenvalue weighted by Crippen LogP contribution is 2.18. The predicted octanol–water partition coefficient (Wildman–Crippen LogP) is 2.22. The van der Waals surface area contributed by atoms with E-state index < -0.39 is 0 Å². The van der Waals surface area contributed by atoms with Crippen LogP contribution in [0.15, 0.2) is 42.7 Å². The zero-order valence-corrected chi connectivity index (χ0v) is 13.1. The molecule has 1 amide bonds. The first-order valence-corrected chi connectivity index (χ1v) is 7.55. The molecule has 116 valence electrons. The molecule has 0 aromatic carbocycles. The Kier molecular flexibility index (Phi) is 6.03. The van der Waals surface area contributed by atoms with Gasteiger partial charge in [0.05, 0.1) is 11.3 Å². The van der Waals surface area contributed by atoms with E-state index in [0.717, 1.165) is 19.5 Å². The fourth-order valence-corrected chi connectivity index (χ4v) is 2.10. The number of nitrogens with zero attached hydrogens (tertiary/aromatic N) is 3. The van der Waals surface area contributed by atoms with Crippen LogP contribution in [0.1, 0.15) is 23.7 Å². The number of aromatic nitrogens is 2. The molecule has 0 bridgehead atoms. The lowest BCUT2D eigenvalue weighted by Crippen LogP contribution is -2.28. The molecule has 5 nitrogen and oxygen atoms in total. The summed E-state index contributed by atoms with van der Waals surface area (Å²) >= 11 is 0. The second kappa shape index (κ2) is 8.24. The van der Waals surface area contributed by atoms with Gasteiger partial charge in [-0.1, -0.05) is 13.0 Å². The highest BCUT2D eigenvalue weighted by atomic mass is 16.1. The van der Waals surface area contributed by atoms with Crippen LogP contribution in [0.3, 0.4) is 0 Å². The van der Waals surface area contributed by atoms with E-state index in [9.17, 15) is 4.79 Å². The van der Waals surface area contributed by atoms with Crippen molar-refractivity contribution in [1.29, 1.82) is 0 Å². The SMILES string of the molecule is CCN(C)CCCNC(=O)c1cccnc1-c1ccccn1. The number of carbonyl (C=O) groups is 1. The minimum Gasteiger partial charge on any atom is -0.352 e. The molecule has 5 heteroatoms. The molecule has 0 saturated carbocycles. The van der Waals surface area contributed by atoms with Gasteiger partial charge in [0.2, 0.25) is 0 Å². The standard InChI is InChI=1S/C17H22N4O/c1-3-21(2)13-7-12-20-17(22)14-8-6-11-19-16(14)15-9-4-5-10-18-15/h4-6,8-11H,3,7,12-13H2,1-2H3,(H,20,22). The van der Waals surface area contributed by atoms with Crippen molar-refractivity contribution in [3.8, 4) is 11.4 Å². The topological polar surface area (TPSA) is 58.1 Å². The van der Waals surface area contributed by atoms with Gasteiger partial charge in [-0.05, 0) is 50.8 Å². The Bertz CT molecular complexity index is 601. The van der Waals surface area contributed by atoms with Crippen molar-refractivity contribution in [3.05, 3.63) is 48.3 Å². The molecule has 0 radical (unpaired) electrons. The molecule has 0 unspecified atom stereocenters. The summed E-state index contributed by atoms with van der Waals surface area (Å²) in [6.45, 7) is 4.75. The molecule has 0 atom stereocenters. The van der Waals surface area contributed by atoms with Crippen molar-refractivity contribution in [2.75, 3.05) is 26.7 Å². The first-order valence-electron chi connectivity index (χ1n) is 7.55. The van der Waals surface area contributed by atoms with Crippen molar-refractivity contribution >= 4 is 5.91 Å². The Balaban J connectivity index is 2.01. The van der Waals surface area contributed by atoms with Crippen molar-refractivity contribution in [1.82, 2.24) is 20.2 Å². The lowest BCUT2D eigenvalue weighted by atomic mass is 10.1. The molecular formula is C17H22N4O. The first kappa shape index (κ1) is 16.1. The van der Waals surface area contributed by atoms with Gasteiger partial charge < -0.3 is 10.2 Å². The number of pyridine rings is 2. The summed E-state index contributed by atoms with van der Waals surface area (Å²) < 4.78 is 0. The summed E-state index contributed by atoms with van der Waals surface area (Å²) in [6.07, 6.45) is 4.30. The molecule has 2 aromatic rings. The average molecular weight is 298 g/mol. The molecule has 0 aliphatic carbocycles. The fraction of sp³-hybridized carbons (Fsp3) is 0.353. The van der Waals surface area contributed by atoms with Gasteiger partial charge in [-0.2, -0.15) is 0 Å². The molecule has 2 rings (SSSR count). The number of hydrogen-bond donors (Lipinski definition) is 1. The molecule has 0 aliphatic rings. The average Bonchev–Trinajstić information content (AvgIpc) is 2.59. The van der Waals surface area contributed by atoms with Gasteiger partial charge in [-0.15, -0.1) is 0 Å². The molecule has 0 aliphatic heterocycles. The van der Waals surface area contributed by atoms with E-state index in [4.69, 9.17) is 0 Å². The number of rotatable bonds is 7. The molecule has 2 heterocycles. The second-order valence-corrected chi connectivity index (χ2v) is 5.12. The number of hydrogen-bond acceptors (Lipinski definition) is 4. The normalized spacial score (nSPS) is 10.7. The third-order valence-corrected chi connectivity index (χ3v) is 3.50. The highest BCUT2D eigenvalue weighted by molar-refractivity contribution is 5.99. The molecule has 22 heavy (non-hydrogen) atoms. The summed E-state index contributed by atoms with van der Waals surface area (Å²) in [5.74, 6) is -0.104. The molecule has 1 N–H and O–H groups in total. The van der Waals surface area contributed by atoms with E-state index in [1.54, 1.807) is 24.5 Å². The zero-order valence-electron chi connectivity index (χ0n) is 13.1. The predicted molar refractivity (Wildman–Crippen MR) is 87.6 cm³/mol. The van der Waals surface area contributed by atoms with Gasteiger partial charge in [-0.25, -0.2) is 0 Å². The summed E-state index contributed by atoms with van der Waals surface area (Å²) in [5, 5.41) is 2.96. The Morgan fingerprint density at radius 1 is 1.18 bits per heavy atom. The van der Waals surface area contributed by atoms with E-state index in [2.05, 4.69) is 34.2 Å². The Morgan fingerprint density at radius 3 is 2.73 bits per heavy atom. The van der Waals surface area contributed by atoms with Crippen molar-refractivity contribution in [3.63, 3.8) is 0 Å². The van der Waals surface area contributed by atoms with E-state index in [-0.39, 0.29) is 5.91 Å². The lowest BCUT2D eigenvalue weighted by Gasteiger charge is -2.14. The summed E-state index contributed by atoms with van der Waals surface area (Å²) in [7, 11) is 2.07. The molecule has 2 aromatic heterocycles. The smallest absolute Gasteiger partial charge is 0.253 e. The van der Waals surface area contributed by atoms with Gasteiger partial charge in [0, 0.05) is 18.9 Å². The van der Waals surface area contributed by atoms with E-state index in [1.165, 1.54) is 0 Å². The largest absolute Gasteiger partial charge is 0.352 e. The number of amides is 1. The summed E-state index contributed by atoms with van der Waals surface area (Å²) in [5.41, 5.74) is 1.88. The van der Waals surface area contributed by atoms with Gasteiger partial charge in [-0.3, -0.25) is 14.8 Å². The number of carbonyl (C=O) groups excluding carboxylic acids is 1. The molecule has 0 fully saturated rings. The van der Waals surface area contributed by atoms with E-state index >= 15 is 0 Å². The maximum absolute atomic E-state index is 12.4. The van der Waals surface area contributed by atoms with Crippen LogP contribution in [0.5, 0.6) is 0 Å². The summed E-state index contributed by atoms with van der Waals surface area (Å²) in [4.78, 5) is 23.2. The number of nitrogens with one attached hydrogen (secondary N) is 1. The van der Waals surface area contributed by atoms with Crippen LogP contribution in [0.2, 0.25) is 0 Å². The highest BCUT2D eigenvalue weighted by Gasteiger charge is 2.13. The molecule has 0 saturated heterocycles. The zero-order chi connectivity index (χ0) is 15.8. The minimum absolute atomic E-state index is 0.104. The van der Waals surface area contributed by atoms with Crippen LogP contribution in [0, 0.1) is 0 Å². The van der Waals surface area contributed by atoms with Crippen LogP contribution < -0.4 is 5.32 Å². The van der Waals surface area contributed by atoms with Gasteiger partial charge in [0.15, 0.2) is 0 Å². The van der Waals surface area contributed by atoms with Gasteiger partial charge >= 0.3 is 0 Å². The monoisotopic (exact) mass is 298 g/mol. The summed E-state index contributed by atoms with van der Waals surface area (Å²) in [6, 6.07) is 9.14. The van der Waals surface area contributed by atoms with E-state index in [1.807, 2.05) is 18.2 Å².